The van der Waals surface area contributed by atoms with Crippen LogP contribution >= 0.6 is 0 Å². The van der Waals surface area contributed by atoms with Crippen LogP contribution in [0.5, 0.6) is 5.75 Å². The highest BCUT2D eigenvalue weighted by atomic mass is 19.4. The van der Waals surface area contributed by atoms with Crippen LogP contribution in [0.1, 0.15) is 48.0 Å². The van der Waals surface area contributed by atoms with Gasteiger partial charge in [0.15, 0.2) is 5.78 Å². The highest BCUT2D eigenvalue weighted by Gasteiger charge is 2.22. The third-order valence-corrected chi connectivity index (χ3v) is 6.28. The molecule has 192 valence electrons. The minimum atomic E-state index is -3.67. The number of aromatic hydroxyl groups is 1. The molecule has 2 aromatic rings. The van der Waals surface area contributed by atoms with E-state index in [0.717, 1.165) is 25.9 Å². The van der Waals surface area contributed by atoms with Crippen LogP contribution in [0.15, 0.2) is 72.8 Å². The zero-order valence-electron chi connectivity index (χ0n) is 20.1. The lowest BCUT2D eigenvalue weighted by Crippen LogP contribution is -2.41. The highest BCUT2D eigenvalue weighted by molar-refractivity contribution is 5.95. The Morgan fingerprint density at radius 3 is 2.14 bits per heavy atom. The number of hydrogen-bond donors (Lipinski definition) is 1. The van der Waals surface area contributed by atoms with Gasteiger partial charge in [-0.15, -0.1) is 0 Å². The normalized spacial score (nSPS) is 15.9. The van der Waals surface area contributed by atoms with Crippen LogP contribution in [0.4, 0.5) is 17.6 Å². The molecule has 0 radical (unpaired) electrons. The molecule has 3 nitrogen and oxygen atoms in total. The fourth-order valence-corrected chi connectivity index (χ4v) is 4.39. The van der Waals surface area contributed by atoms with Gasteiger partial charge in [0.05, 0.1) is 0 Å². The van der Waals surface area contributed by atoms with Crippen molar-refractivity contribution in [1.29, 1.82) is 0 Å². The number of halogens is 4. The molecule has 3 aliphatic rings. The lowest BCUT2D eigenvalue weighted by atomic mass is 9.95. The zero-order valence-corrected chi connectivity index (χ0v) is 20.1. The third kappa shape index (κ3) is 9.46. The van der Waals surface area contributed by atoms with Crippen molar-refractivity contribution in [2.75, 3.05) is 13.1 Å². The average Bonchev–Trinajstić information content (AvgIpc) is 3.46. The molecule has 1 atom stereocenters. The van der Waals surface area contributed by atoms with Gasteiger partial charge in [0.2, 0.25) is 0 Å². The number of Topliss-reactive ketones (excluding diaryl/α,β-unsaturated/α-hetero) is 1. The number of phenols is 1. The molecule has 1 N–H and O–H groups in total. The molecule has 2 aliphatic carbocycles. The first-order valence-electron chi connectivity index (χ1n) is 12.1. The van der Waals surface area contributed by atoms with Crippen molar-refractivity contribution in [2.45, 2.75) is 51.2 Å². The van der Waals surface area contributed by atoms with Crippen molar-refractivity contribution in [1.82, 2.24) is 4.90 Å². The maximum atomic E-state index is 13.0. The Bertz CT molecular complexity index is 1070. The Morgan fingerprint density at radius 1 is 0.944 bits per heavy atom. The van der Waals surface area contributed by atoms with Gasteiger partial charge in [-0.05, 0) is 97.9 Å². The van der Waals surface area contributed by atoms with Gasteiger partial charge in [0.1, 0.15) is 11.6 Å². The largest absolute Gasteiger partial charge is 0.508 e. The molecule has 5 rings (SSSR count). The summed E-state index contributed by atoms with van der Waals surface area (Å²) in [5, 5.41) is 9.43. The molecule has 7 heteroatoms. The Kier molecular flexibility index (Phi) is 10.5. The SMILES string of the molecule is FC(F)F.O=C(CCCN1CCCCC1Cc1ccc(O)cc1)c1ccc(F)cc1.c1cc2cc-2c1. The molecule has 1 fully saturated rings. The monoisotopic (exact) mass is 501 g/mol. The van der Waals surface area contributed by atoms with Gasteiger partial charge in [0, 0.05) is 18.0 Å². The molecule has 0 spiro atoms. The molecule has 1 heterocycles. The Hall–Kier alpha value is -3.19. The maximum absolute atomic E-state index is 13.0. The number of hydrogen-bond acceptors (Lipinski definition) is 3. The van der Waals surface area contributed by atoms with Crippen LogP contribution in [0, 0.1) is 5.82 Å². The first-order valence-corrected chi connectivity index (χ1v) is 12.1. The molecule has 2 aromatic carbocycles. The predicted molar refractivity (Wildman–Crippen MR) is 134 cm³/mol. The summed E-state index contributed by atoms with van der Waals surface area (Å²) in [6, 6.07) is 22.2. The lowest BCUT2D eigenvalue weighted by molar-refractivity contribution is 0.00818. The summed E-state index contributed by atoms with van der Waals surface area (Å²) < 4.78 is 42.0. The number of benzene rings is 3. The van der Waals surface area contributed by atoms with Crippen LogP contribution in [-0.2, 0) is 6.42 Å². The fraction of sp³-hybridized carbons (Fsp3) is 0.345. The quantitative estimate of drug-likeness (QED) is 0.211. The molecule has 0 aromatic heterocycles. The summed E-state index contributed by atoms with van der Waals surface area (Å²) in [7, 11) is 0. The van der Waals surface area contributed by atoms with Gasteiger partial charge in [0.25, 0.3) is 0 Å². The van der Waals surface area contributed by atoms with Crippen molar-refractivity contribution in [3.05, 3.63) is 89.7 Å². The number of carbonyl (C=O) groups is 1. The van der Waals surface area contributed by atoms with Gasteiger partial charge in [-0.3, -0.25) is 4.79 Å². The van der Waals surface area contributed by atoms with E-state index in [2.05, 4.69) is 29.2 Å². The molecular formula is C29H31F4NO2. The molecule has 1 aliphatic heterocycles. The minimum Gasteiger partial charge on any atom is -0.508 e. The summed E-state index contributed by atoms with van der Waals surface area (Å²) in [5.74, 6) is 0.0672. The molecule has 36 heavy (non-hydrogen) atoms. The number of fused-ring (bicyclic) bond motifs is 1. The summed E-state index contributed by atoms with van der Waals surface area (Å²) in [4.78, 5) is 14.7. The number of phenolic OH excluding ortho intramolecular Hbond substituents is 1. The van der Waals surface area contributed by atoms with E-state index in [1.54, 1.807) is 24.3 Å². The van der Waals surface area contributed by atoms with Crippen molar-refractivity contribution in [2.24, 2.45) is 0 Å². The number of likely N-dealkylation sites (tertiary alicyclic amines) is 1. The van der Waals surface area contributed by atoms with Gasteiger partial charge in [-0.25, -0.2) is 4.39 Å². The van der Waals surface area contributed by atoms with Gasteiger partial charge < -0.3 is 10.0 Å². The van der Waals surface area contributed by atoms with Gasteiger partial charge >= 0.3 is 6.68 Å². The topological polar surface area (TPSA) is 40.5 Å². The van der Waals surface area contributed by atoms with E-state index in [-0.39, 0.29) is 11.6 Å². The number of rotatable bonds is 7. The molecular weight excluding hydrogens is 470 g/mol. The fourth-order valence-electron chi connectivity index (χ4n) is 4.39. The number of ketones is 1. The summed E-state index contributed by atoms with van der Waals surface area (Å²) in [6.07, 6.45) is 5.92. The standard InChI is InChI=1S/C22H26FNO2.C6H4.CHF3/c23-19-10-8-18(9-11-19)22(26)5-3-15-24-14-2-1-4-20(24)16-17-6-12-21(25)13-7-17;1-2-5-4-6(5)3-1;2-1(3)4/h6-13,20,25H,1-5,14-16H2;1-4H;1H. The van der Waals surface area contributed by atoms with Crippen molar-refractivity contribution >= 4 is 5.78 Å². The highest BCUT2D eigenvalue weighted by Crippen LogP contribution is 2.32. The van der Waals surface area contributed by atoms with Crippen molar-refractivity contribution in [3.8, 4) is 16.9 Å². The first kappa shape index (κ1) is 27.4. The van der Waals surface area contributed by atoms with E-state index < -0.39 is 6.68 Å². The smallest absolute Gasteiger partial charge is 0.379 e. The van der Waals surface area contributed by atoms with E-state index in [4.69, 9.17) is 0 Å². The average molecular weight is 502 g/mol. The van der Waals surface area contributed by atoms with E-state index in [1.807, 2.05) is 12.1 Å². The van der Waals surface area contributed by atoms with E-state index in [0.29, 0.717) is 23.8 Å². The number of carbonyl (C=O) groups excluding carboxylic acids is 1. The molecule has 0 bridgehead atoms. The number of nitrogens with zero attached hydrogens (tertiary/aromatic N) is 1. The summed E-state index contributed by atoms with van der Waals surface area (Å²) >= 11 is 0. The van der Waals surface area contributed by atoms with E-state index in [1.165, 1.54) is 48.1 Å². The second kappa shape index (κ2) is 13.8. The van der Waals surface area contributed by atoms with Gasteiger partial charge in [-0.2, -0.15) is 13.2 Å². The second-order valence-corrected chi connectivity index (χ2v) is 8.92. The number of alkyl halides is 3. The van der Waals surface area contributed by atoms with Crippen LogP contribution in [0.25, 0.3) is 11.1 Å². The van der Waals surface area contributed by atoms with Gasteiger partial charge in [-0.1, -0.05) is 36.8 Å². The van der Waals surface area contributed by atoms with E-state index in [9.17, 15) is 27.5 Å². The van der Waals surface area contributed by atoms with Crippen LogP contribution in [0.2, 0.25) is 0 Å². The van der Waals surface area contributed by atoms with Crippen molar-refractivity contribution in [3.63, 3.8) is 0 Å². The lowest BCUT2D eigenvalue weighted by Gasteiger charge is -2.36. The Morgan fingerprint density at radius 2 is 1.58 bits per heavy atom. The van der Waals surface area contributed by atoms with Crippen molar-refractivity contribution < 1.29 is 27.5 Å². The number of piperidine rings is 1. The summed E-state index contributed by atoms with van der Waals surface area (Å²) in [6.45, 7) is -1.68. The second-order valence-electron chi connectivity index (χ2n) is 8.92. The molecule has 1 unspecified atom stereocenters. The predicted octanol–water partition coefficient (Wildman–Crippen LogP) is 7.44. The molecule has 1 saturated heterocycles. The Labute approximate surface area is 209 Å². The Balaban J connectivity index is 0.000000297. The minimum absolute atomic E-state index is 0.0806. The first-order chi connectivity index (χ1) is 17.3. The maximum Gasteiger partial charge on any atom is 0.379 e. The van der Waals surface area contributed by atoms with Crippen LogP contribution < -0.4 is 0 Å². The summed E-state index contributed by atoms with van der Waals surface area (Å²) in [5.41, 5.74) is 4.68. The van der Waals surface area contributed by atoms with E-state index >= 15 is 0 Å². The molecule has 0 saturated carbocycles. The third-order valence-electron chi connectivity index (χ3n) is 6.28. The van der Waals surface area contributed by atoms with Crippen LogP contribution in [-0.4, -0.2) is 41.6 Å². The zero-order chi connectivity index (χ0) is 25.9. The molecule has 0 amide bonds. The van der Waals surface area contributed by atoms with Crippen LogP contribution in [0.3, 0.4) is 0 Å².